The quantitative estimate of drug-likeness (QED) is 0.797. The zero-order valence-electron chi connectivity index (χ0n) is 15.2. The summed E-state index contributed by atoms with van der Waals surface area (Å²) in [7, 11) is -2.11. The van der Waals surface area contributed by atoms with Crippen molar-refractivity contribution in [2.24, 2.45) is 0 Å². The molecule has 0 saturated carbocycles. The van der Waals surface area contributed by atoms with Crippen LogP contribution in [0.4, 0.5) is 4.39 Å². The molecule has 0 bridgehead atoms. The van der Waals surface area contributed by atoms with Gasteiger partial charge in [0.1, 0.15) is 11.6 Å². The van der Waals surface area contributed by atoms with Crippen molar-refractivity contribution in [1.29, 1.82) is 0 Å². The van der Waals surface area contributed by atoms with Crippen molar-refractivity contribution < 1.29 is 22.3 Å². The summed E-state index contributed by atoms with van der Waals surface area (Å²) in [5.41, 5.74) is -0.197. The predicted molar refractivity (Wildman–Crippen MR) is 104 cm³/mol. The second-order valence-corrected chi connectivity index (χ2v) is 8.77. The molecule has 1 fully saturated rings. The largest absolute Gasteiger partial charge is 0.497 e. The average molecular weight is 427 g/mol. The molecule has 28 heavy (non-hydrogen) atoms. The zero-order chi connectivity index (χ0) is 20.3. The van der Waals surface area contributed by atoms with E-state index in [-0.39, 0.29) is 34.6 Å². The lowest BCUT2D eigenvalue weighted by atomic mass is 10.1. The zero-order valence-corrected chi connectivity index (χ0v) is 16.8. The van der Waals surface area contributed by atoms with Gasteiger partial charge in [-0.05, 0) is 49.2 Å². The topological polar surface area (TPSA) is 75.7 Å². The first-order chi connectivity index (χ1) is 13.3. The number of nitrogens with zero attached hydrogens (tertiary/aromatic N) is 1. The Morgan fingerprint density at radius 2 is 1.82 bits per heavy atom. The van der Waals surface area contributed by atoms with Gasteiger partial charge in [0, 0.05) is 19.1 Å². The summed E-state index contributed by atoms with van der Waals surface area (Å²) >= 11 is 5.92. The van der Waals surface area contributed by atoms with E-state index >= 15 is 0 Å². The Hall–Kier alpha value is -2.16. The Kier molecular flexibility index (Phi) is 6.22. The highest BCUT2D eigenvalue weighted by molar-refractivity contribution is 7.89. The fourth-order valence-corrected chi connectivity index (χ4v) is 4.83. The van der Waals surface area contributed by atoms with Crippen LogP contribution in [0.5, 0.6) is 5.75 Å². The maximum atomic E-state index is 13.9. The molecule has 6 nitrogen and oxygen atoms in total. The minimum atomic E-state index is -3.62. The van der Waals surface area contributed by atoms with Crippen LogP contribution in [0.25, 0.3) is 0 Å². The summed E-state index contributed by atoms with van der Waals surface area (Å²) < 4.78 is 45.8. The molecule has 1 heterocycles. The number of carbonyl (C=O) groups excluding carboxylic acids is 1. The molecule has 0 unspecified atom stereocenters. The van der Waals surface area contributed by atoms with Crippen LogP contribution in [0.1, 0.15) is 23.2 Å². The number of methoxy groups -OCH3 is 1. The van der Waals surface area contributed by atoms with Gasteiger partial charge in [-0.3, -0.25) is 4.79 Å². The molecule has 1 saturated heterocycles. The van der Waals surface area contributed by atoms with E-state index in [1.54, 1.807) is 12.1 Å². The first-order valence-electron chi connectivity index (χ1n) is 8.72. The van der Waals surface area contributed by atoms with Gasteiger partial charge in [-0.1, -0.05) is 17.7 Å². The van der Waals surface area contributed by atoms with Gasteiger partial charge in [0.2, 0.25) is 10.0 Å². The van der Waals surface area contributed by atoms with Crippen molar-refractivity contribution in [3.63, 3.8) is 0 Å². The molecule has 2 aromatic carbocycles. The summed E-state index contributed by atoms with van der Waals surface area (Å²) in [5.74, 6) is -0.712. The lowest BCUT2D eigenvalue weighted by Gasteiger charge is -2.31. The Morgan fingerprint density at radius 3 is 2.39 bits per heavy atom. The summed E-state index contributed by atoms with van der Waals surface area (Å²) in [5, 5.41) is 2.78. The SMILES string of the molecule is COc1ccc(S(=O)(=O)N2CCC(NC(=O)c3c(F)cccc3Cl)CC2)cc1. The van der Waals surface area contributed by atoms with E-state index in [2.05, 4.69) is 5.32 Å². The van der Waals surface area contributed by atoms with Gasteiger partial charge in [0.15, 0.2) is 0 Å². The van der Waals surface area contributed by atoms with Gasteiger partial charge in [-0.25, -0.2) is 12.8 Å². The van der Waals surface area contributed by atoms with Gasteiger partial charge in [-0.2, -0.15) is 4.31 Å². The van der Waals surface area contributed by atoms with Gasteiger partial charge >= 0.3 is 0 Å². The number of halogens is 2. The first kappa shape index (κ1) is 20.6. The van der Waals surface area contributed by atoms with E-state index in [0.29, 0.717) is 18.6 Å². The molecule has 9 heteroatoms. The molecule has 1 aliphatic rings. The van der Waals surface area contributed by atoms with Crippen molar-refractivity contribution in [2.75, 3.05) is 20.2 Å². The lowest BCUT2D eigenvalue weighted by Crippen LogP contribution is -2.46. The van der Waals surface area contributed by atoms with Crippen LogP contribution >= 0.6 is 11.6 Å². The van der Waals surface area contributed by atoms with Crippen LogP contribution in [-0.2, 0) is 10.0 Å². The van der Waals surface area contributed by atoms with Crippen molar-refractivity contribution in [1.82, 2.24) is 9.62 Å². The number of sulfonamides is 1. The van der Waals surface area contributed by atoms with Crippen molar-refractivity contribution in [2.45, 2.75) is 23.8 Å². The predicted octanol–water partition coefficient (Wildman–Crippen LogP) is 3.07. The summed E-state index contributed by atoms with van der Waals surface area (Å²) in [6.07, 6.45) is 0.848. The molecule has 0 spiro atoms. The van der Waals surface area contributed by atoms with E-state index in [0.717, 1.165) is 0 Å². The number of hydrogen-bond acceptors (Lipinski definition) is 4. The number of ether oxygens (including phenoxy) is 1. The lowest BCUT2D eigenvalue weighted by molar-refractivity contribution is 0.0920. The highest BCUT2D eigenvalue weighted by Gasteiger charge is 2.30. The summed E-state index contributed by atoms with van der Waals surface area (Å²) in [4.78, 5) is 12.5. The highest BCUT2D eigenvalue weighted by Crippen LogP contribution is 2.24. The van der Waals surface area contributed by atoms with Crippen LogP contribution in [0.15, 0.2) is 47.4 Å². The van der Waals surface area contributed by atoms with Crippen LogP contribution in [0.3, 0.4) is 0 Å². The summed E-state index contributed by atoms with van der Waals surface area (Å²) in [6, 6.07) is 9.98. The van der Waals surface area contributed by atoms with Gasteiger partial charge < -0.3 is 10.1 Å². The molecule has 150 valence electrons. The maximum Gasteiger partial charge on any atom is 0.255 e. The molecule has 1 N–H and O–H groups in total. The number of hydrogen-bond donors (Lipinski definition) is 1. The molecule has 0 atom stereocenters. The second-order valence-electron chi connectivity index (χ2n) is 6.42. The Morgan fingerprint density at radius 1 is 1.18 bits per heavy atom. The maximum absolute atomic E-state index is 13.9. The van der Waals surface area contributed by atoms with E-state index in [1.807, 2.05) is 0 Å². The van der Waals surface area contributed by atoms with Gasteiger partial charge in [0.05, 0.1) is 22.6 Å². The molecule has 2 aromatic rings. The molecule has 3 rings (SSSR count). The van der Waals surface area contributed by atoms with Crippen LogP contribution in [0, 0.1) is 5.82 Å². The smallest absolute Gasteiger partial charge is 0.255 e. The second kappa shape index (κ2) is 8.46. The molecule has 1 aliphatic heterocycles. The van der Waals surface area contributed by atoms with Crippen molar-refractivity contribution in [3.8, 4) is 5.75 Å². The number of carbonyl (C=O) groups is 1. The molecule has 0 aromatic heterocycles. The van der Waals surface area contributed by atoms with Crippen LogP contribution < -0.4 is 10.1 Å². The monoisotopic (exact) mass is 426 g/mol. The van der Waals surface area contributed by atoms with Gasteiger partial charge in [-0.15, -0.1) is 0 Å². The van der Waals surface area contributed by atoms with E-state index in [9.17, 15) is 17.6 Å². The number of amides is 1. The molecular weight excluding hydrogens is 407 g/mol. The van der Waals surface area contributed by atoms with E-state index < -0.39 is 21.7 Å². The fourth-order valence-electron chi connectivity index (χ4n) is 3.11. The highest BCUT2D eigenvalue weighted by atomic mass is 35.5. The number of nitrogens with one attached hydrogen (secondary N) is 1. The Labute approximate surface area is 168 Å². The van der Waals surface area contributed by atoms with E-state index in [4.69, 9.17) is 16.3 Å². The Balaban J connectivity index is 1.63. The normalized spacial score (nSPS) is 16.0. The molecule has 0 aliphatic carbocycles. The van der Waals surface area contributed by atoms with Crippen LogP contribution in [-0.4, -0.2) is 44.9 Å². The third kappa shape index (κ3) is 4.29. The minimum absolute atomic E-state index is 0.0389. The average Bonchev–Trinajstić information content (AvgIpc) is 2.68. The fraction of sp³-hybridized carbons (Fsp3) is 0.316. The van der Waals surface area contributed by atoms with Gasteiger partial charge in [0.25, 0.3) is 5.91 Å². The van der Waals surface area contributed by atoms with Crippen molar-refractivity contribution >= 4 is 27.5 Å². The van der Waals surface area contributed by atoms with E-state index in [1.165, 1.54) is 41.7 Å². The third-order valence-corrected chi connectivity index (χ3v) is 6.90. The molecule has 1 amide bonds. The standard InChI is InChI=1S/C19H20ClFN2O4S/c1-27-14-5-7-15(8-6-14)28(25,26)23-11-9-13(10-12-23)22-19(24)18-16(20)3-2-4-17(18)21/h2-8,13H,9-12H2,1H3,(H,22,24). The van der Waals surface area contributed by atoms with Crippen LogP contribution in [0.2, 0.25) is 5.02 Å². The minimum Gasteiger partial charge on any atom is -0.497 e. The molecular formula is C19H20ClFN2O4S. The Bertz CT molecular complexity index is 938. The third-order valence-electron chi connectivity index (χ3n) is 4.68. The molecule has 0 radical (unpaired) electrons. The number of benzene rings is 2. The number of piperidine rings is 1. The summed E-state index contributed by atoms with van der Waals surface area (Å²) in [6.45, 7) is 0.509. The van der Waals surface area contributed by atoms with Crippen molar-refractivity contribution in [3.05, 3.63) is 58.9 Å². The number of rotatable bonds is 5. The first-order valence-corrected chi connectivity index (χ1v) is 10.5.